The van der Waals surface area contributed by atoms with E-state index in [2.05, 4.69) is 10.2 Å². The van der Waals surface area contributed by atoms with E-state index in [1.54, 1.807) is 24.4 Å². The van der Waals surface area contributed by atoms with Crippen molar-refractivity contribution in [3.05, 3.63) is 70.0 Å². The van der Waals surface area contributed by atoms with Crippen molar-refractivity contribution in [1.82, 2.24) is 5.32 Å². The highest BCUT2D eigenvalue weighted by Crippen LogP contribution is 2.19. The molecule has 152 valence electrons. The number of hydrogen-bond donors (Lipinski definition) is 1. The maximum atomic E-state index is 12.3. The van der Waals surface area contributed by atoms with Crippen molar-refractivity contribution in [3.8, 4) is 5.75 Å². The number of benzene rings is 1. The van der Waals surface area contributed by atoms with Crippen LogP contribution in [0.5, 0.6) is 5.75 Å². The summed E-state index contributed by atoms with van der Waals surface area (Å²) in [4.78, 5) is 49.6. The molecule has 0 spiro atoms. The van der Waals surface area contributed by atoms with Gasteiger partial charge in [0, 0.05) is 19.5 Å². The van der Waals surface area contributed by atoms with Gasteiger partial charge in [-0.15, -0.1) is 10.1 Å². The van der Waals surface area contributed by atoms with E-state index in [-0.39, 0.29) is 36.8 Å². The van der Waals surface area contributed by atoms with Crippen LogP contribution in [-0.4, -0.2) is 36.1 Å². The lowest BCUT2D eigenvalue weighted by molar-refractivity contribution is -0.757. The first-order valence-electron chi connectivity index (χ1n) is 8.36. The maximum absolute atomic E-state index is 12.3. The van der Waals surface area contributed by atoms with Crippen molar-refractivity contribution < 1.29 is 38.3 Å². The lowest BCUT2D eigenvalue weighted by Gasteiger charge is -2.08. The molecular formula is C18H18N3O8+. The van der Waals surface area contributed by atoms with Crippen LogP contribution in [0.1, 0.15) is 27.6 Å². The van der Waals surface area contributed by atoms with Crippen LogP contribution >= 0.6 is 0 Å². The van der Waals surface area contributed by atoms with Crippen LogP contribution in [0.25, 0.3) is 0 Å². The fourth-order valence-corrected chi connectivity index (χ4v) is 2.21. The summed E-state index contributed by atoms with van der Waals surface area (Å²) in [6.45, 7) is 0.707. The highest BCUT2D eigenvalue weighted by Gasteiger charge is 2.17. The molecule has 0 radical (unpaired) electrons. The van der Waals surface area contributed by atoms with E-state index >= 15 is 0 Å². The summed E-state index contributed by atoms with van der Waals surface area (Å²) >= 11 is 0. The monoisotopic (exact) mass is 404 g/mol. The normalized spacial score (nSPS) is 9.97. The van der Waals surface area contributed by atoms with Gasteiger partial charge < -0.3 is 19.6 Å². The van der Waals surface area contributed by atoms with E-state index in [0.29, 0.717) is 0 Å². The molecule has 29 heavy (non-hydrogen) atoms. The number of aromatic nitrogens is 1. The molecule has 0 aliphatic rings. The molecule has 0 bridgehead atoms. The molecule has 1 aromatic heterocycles. The number of rotatable bonds is 9. The molecule has 0 fully saturated rings. The Morgan fingerprint density at radius 3 is 2.66 bits per heavy atom. The van der Waals surface area contributed by atoms with Crippen molar-refractivity contribution in [1.29, 1.82) is 0 Å². The molecule has 2 rings (SSSR count). The number of carbonyl (C=O) groups is 3. The number of pyridine rings is 1. The second-order valence-corrected chi connectivity index (χ2v) is 5.57. The predicted molar refractivity (Wildman–Crippen MR) is 95.1 cm³/mol. The highest BCUT2D eigenvalue weighted by atomic mass is 16.9. The van der Waals surface area contributed by atoms with Crippen LogP contribution < -0.4 is 14.6 Å². The van der Waals surface area contributed by atoms with Crippen molar-refractivity contribution in [3.63, 3.8) is 0 Å². The van der Waals surface area contributed by atoms with E-state index in [9.17, 15) is 24.5 Å². The number of amides is 1. The molecule has 0 saturated heterocycles. The lowest BCUT2D eigenvalue weighted by atomic mass is 10.2. The van der Waals surface area contributed by atoms with Crippen molar-refractivity contribution in [2.75, 3.05) is 13.2 Å². The Morgan fingerprint density at radius 1 is 1.17 bits per heavy atom. The Labute approximate surface area is 164 Å². The third-order valence-electron chi connectivity index (χ3n) is 3.41. The van der Waals surface area contributed by atoms with Gasteiger partial charge in [-0.05, 0) is 18.2 Å². The summed E-state index contributed by atoms with van der Waals surface area (Å²) in [6, 6.07) is 9.24. The standard InChI is InChI=1S/C18H17N3O8/c1-13(22)29-16-7-3-2-6-15(16)18(24)27-12-20-9-4-5-14(11-20)17(23)19-8-10-28-21(25)26/h2-7,9,11H,8,10,12H2,1H3/p+1. The molecule has 2 aromatic rings. The van der Waals surface area contributed by atoms with Gasteiger partial charge >= 0.3 is 11.9 Å². The largest absolute Gasteiger partial charge is 0.426 e. The third kappa shape index (κ3) is 6.90. The number of nitrogens with zero attached hydrogens (tertiary/aromatic N) is 2. The number of hydrogen-bond acceptors (Lipinski definition) is 8. The predicted octanol–water partition coefficient (Wildman–Crippen LogP) is 0.652. The number of ether oxygens (including phenoxy) is 2. The van der Waals surface area contributed by atoms with E-state index in [1.165, 1.54) is 35.9 Å². The van der Waals surface area contributed by atoms with Crippen molar-refractivity contribution >= 4 is 17.8 Å². The van der Waals surface area contributed by atoms with Gasteiger partial charge in [0.15, 0.2) is 12.4 Å². The lowest BCUT2D eigenvalue weighted by Crippen LogP contribution is -2.38. The van der Waals surface area contributed by atoms with E-state index in [0.717, 1.165) is 0 Å². The van der Waals surface area contributed by atoms with Gasteiger partial charge in [-0.2, -0.15) is 4.57 Å². The maximum Gasteiger partial charge on any atom is 0.346 e. The van der Waals surface area contributed by atoms with Crippen LogP contribution in [-0.2, 0) is 21.1 Å². The summed E-state index contributed by atoms with van der Waals surface area (Å²) in [6.07, 6.45) is 3.02. The average Bonchev–Trinajstić information content (AvgIpc) is 2.69. The molecule has 1 aromatic carbocycles. The molecule has 11 nitrogen and oxygen atoms in total. The van der Waals surface area contributed by atoms with Gasteiger partial charge in [-0.1, -0.05) is 12.1 Å². The van der Waals surface area contributed by atoms with Crippen LogP contribution in [0.2, 0.25) is 0 Å². The van der Waals surface area contributed by atoms with Gasteiger partial charge in [-0.3, -0.25) is 9.59 Å². The highest BCUT2D eigenvalue weighted by molar-refractivity contribution is 5.94. The fourth-order valence-electron chi connectivity index (χ4n) is 2.21. The average molecular weight is 404 g/mol. The van der Waals surface area contributed by atoms with E-state index < -0.39 is 22.9 Å². The number of carbonyl (C=O) groups excluding carboxylic acids is 3. The van der Waals surface area contributed by atoms with Crippen molar-refractivity contribution in [2.24, 2.45) is 0 Å². The van der Waals surface area contributed by atoms with Gasteiger partial charge in [0.05, 0.1) is 0 Å². The summed E-state index contributed by atoms with van der Waals surface area (Å²) in [7, 11) is 0. The Kier molecular flexibility index (Phi) is 7.59. The SMILES string of the molecule is CC(=O)Oc1ccccc1C(=O)OC[n+]1cccc(C(=O)NCCO[N+](=O)[O-])c1. The van der Waals surface area contributed by atoms with E-state index in [1.807, 2.05) is 0 Å². The molecule has 1 N–H and O–H groups in total. The Balaban J connectivity index is 1.95. The van der Waals surface area contributed by atoms with Crippen LogP contribution in [0.4, 0.5) is 0 Å². The first-order chi connectivity index (χ1) is 13.9. The number of para-hydroxylation sites is 1. The molecule has 1 amide bonds. The van der Waals surface area contributed by atoms with Gasteiger partial charge in [0.2, 0.25) is 0 Å². The van der Waals surface area contributed by atoms with Crippen LogP contribution in [0.15, 0.2) is 48.8 Å². The van der Waals surface area contributed by atoms with Gasteiger partial charge in [0.25, 0.3) is 17.7 Å². The third-order valence-corrected chi connectivity index (χ3v) is 3.41. The summed E-state index contributed by atoms with van der Waals surface area (Å²) in [5.41, 5.74) is 0.341. The van der Waals surface area contributed by atoms with Crippen molar-refractivity contribution in [2.45, 2.75) is 13.7 Å². The van der Waals surface area contributed by atoms with Gasteiger partial charge in [-0.25, -0.2) is 4.79 Å². The summed E-state index contributed by atoms with van der Waals surface area (Å²) in [5, 5.41) is 11.6. The van der Waals surface area contributed by atoms with Crippen LogP contribution in [0, 0.1) is 10.1 Å². The van der Waals surface area contributed by atoms with Crippen LogP contribution in [0.3, 0.4) is 0 Å². The minimum absolute atomic E-state index is 0.0450. The molecule has 11 heteroatoms. The Bertz CT molecular complexity index is 915. The minimum Gasteiger partial charge on any atom is -0.426 e. The molecular weight excluding hydrogens is 386 g/mol. The van der Waals surface area contributed by atoms with Gasteiger partial charge in [0.1, 0.15) is 23.5 Å². The summed E-state index contributed by atoms with van der Waals surface area (Å²) in [5.74, 6) is -1.67. The second kappa shape index (κ2) is 10.3. The topological polar surface area (TPSA) is 138 Å². The smallest absolute Gasteiger partial charge is 0.346 e. The fraction of sp³-hybridized carbons (Fsp3) is 0.222. The Morgan fingerprint density at radius 2 is 1.93 bits per heavy atom. The molecule has 0 aliphatic heterocycles. The quantitative estimate of drug-likeness (QED) is 0.161. The minimum atomic E-state index is -0.948. The zero-order chi connectivity index (χ0) is 21.2. The zero-order valence-corrected chi connectivity index (χ0v) is 15.4. The molecule has 0 aliphatic carbocycles. The first-order valence-corrected chi connectivity index (χ1v) is 8.36. The molecule has 0 saturated carbocycles. The second-order valence-electron chi connectivity index (χ2n) is 5.57. The molecule has 0 atom stereocenters. The summed E-state index contributed by atoms with van der Waals surface area (Å²) < 4.78 is 11.6. The molecule has 0 unspecified atom stereocenters. The molecule has 1 heterocycles. The van der Waals surface area contributed by atoms with E-state index in [4.69, 9.17) is 9.47 Å². The Hall–Kier alpha value is -4.02. The first kappa shape index (κ1) is 21.3. The zero-order valence-electron chi connectivity index (χ0n) is 15.4. The number of esters is 2. The number of nitrogens with one attached hydrogen (secondary N) is 1.